The predicted octanol–water partition coefficient (Wildman–Crippen LogP) is 2.24. The first-order chi connectivity index (χ1) is 5.52. The first-order valence-electron chi connectivity index (χ1n) is 4.32. The van der Waals surface area contributed by atoms with Crippen LogP contribution in [0.3, 0.4) is 0 Å². The molecule has 1 rings (SSSR count). The monoisotopic (exact) mass is 188 g/mol. The Kier molecular flexibility index (Phi) is 3.04. The van der Waals surface area contributed by atoms with Crippen molar-refractivity contribution in [1.82, 2.24) is 0 Å². The number of rotatable bonds is 3. The van der Waals surface area contributed by atoms with Crippen LogP contribution >= 0.6 is 11.8 Å². The highest BCUT2D eigenvalue weighted by atomic mass is 32.2. The fraction of sp³-hybridized carbons (Fsp3) is 0.889. The van der Waals surface area contributed by atoms with Gasteiger partial charge in [-0.1, -0.05) is 13.8 Å². The maximum atomic E-state index is 10.6. The fourth-order valence-electron chi connectivity index (χ4n) is 1.68. The quantitative estimate of drug-likeness (QED) is 0.738. The van der Waals surface area contributed by atoms with E-state index in [1.807, 2.05) is 11.8 Å². The molecule has 2 nitrogen and oxygen atoms in total. The van der Waals surface area contributed by atoms with Crippen molar-refractivity contribution in [3.05, 3.63) is 0 Å². The molecular formula is C9H16O2S. The van der Waals surface area contributed by atoms with Crippen molar-refractivity contribution < 1.29 is 9.90 Å². The molecule has 0 aromatic carbocycles. The maximum absolute atomic E-state index is 10.6. The van der Waals surface area contributed by atoms with Crippen LogP contribution in [0.25, 0.3) is 0 Å². The Morgan fingerprint density at radius 2 is 2.33 bits per heavy atom. The third kappa shape index (κ3) is 2.41. The van der Waals surface area contributed by atoms with Gasteiger partial charge in [-0.3, -0.25) is 4.79 Å². The second-order valence-electron chi connectivity index (χ2n) is 4.12. The standard InChI is InChI=1S/C9H16O2S/c1-9(2,5-8(10)11)7-3-4-12-6-7/h7H,3-6H2,1-2H3,(H,10,11). The van der Waals surface area contributed by atoms with Crippen LogP contribution in [0.1, 0.15) is 26.7 Å². The van der Waals surface area contributed by atoms with E-state index in [1.54, 1.807) is 0 Å². The van der Waals surface area contributed by atoms with E-state index >= 15 is 0 Å². The van der Waals surface area contributed by atoms with Gasteiger partial charge in [-0.25, -0.2) is 0 Å². The molecular weight excluding hydrogens is 172 g/mol. The summed E-state index contributed by atoms with van der Waals surface area (Å²) < 4.78 is 0. The van der Waals surface area contributed by atoms with E-state index in [4.69, 9.17) is 5.11 Å². The Morgan fingerprint density at radius 1 is 1.67 bits per heavy atom. The molecule has 0 spiro atoms. The average Bonchev–Trinajstić information content (AvgIpc) is 2.32. The van der Waals surface area contributed by atoms with Crippen molar-refractivity contribution in [2.24, 2.45) is 11.3 Å². The zero-order valence-corrected chi connectivity index (χ0v) is 8.49. The molecule has 0 aliphatic carbocycles. The van der Waals surface area contributed by atoms with Crippen LogP contribution in [0.5, 0.6) is 0 Å². The number of aliphatic carboxylic acids is 1. The van der Waals surface area contributed by atoms with Crippen LogP contribution in [-0.4, -0.2) is 22.6 Å². The summed E-state index contributed by atoms with van der Waals surface area (Å²) in [7, 11) is 0. The summed E-state index contributed by atoms with van der Waals surface area (Å²) in [5.74, 6) is 2.27. The van der Waals surface area contributed by atoms with Crippen molar-refractivity contribution in [3.63, 3.8) is 0 Å². The topological polar surface area (TPSA) is 37.3 Å². The van der Waals surface area contributed by atoms with E-state index in [2.05, 4.69) is 13.8 Å². The normalized spacial score (nSPS) is 24.3. The highest BCUT2D eigenvalue weighted by Crippen LogP contribution is 2.40. The Morgan fingerprint density at radius 3 is 2.75 bits per heavy atom. The van der Waals surface area contributed by atoms with Crippen LogP contribution in [0.2, 0.25) is 0 Å². The molecule has 3 heteroatoms. The zero-order chi connectivity index (χ0) is 9.19. The Bertz CT molecular complexity index is 171. The lowest BCUT2D eigenvalue weighted by atomic mass is 9.76. The van der Waals surface area contributed by atoms with Gasteiger partial charge in [0, 0.05) is 0 Å². The van der Waals surface area contributed by atoms with Crippen molar-refractivity contribution in [2.75, 3.05) is 11.5 Å². The van der Waals surface area contributed by atoms with Crippen molar-refractivity contribution in [1.29, 1.82) is 0 Å². The Labute approximate surface area is 77.7 Å². The number of carbonyl (C=O) groups is 1. The third-order valence-electron chi connectivity index (χ3n) is 2.64. The van der Waals surface area contributed by atoms with Gasteiger partial charge in [-0.2, -0.15) is 11.8 Å². The molecule has 1 heterocycles. The van der Waals surface area contributed by atoms with Gasteiger partial charge < -0.3 is 5.11 Å². The number of hydrogen-bond donors (Lipinski definition) is 1. The van der Waals surface area contributed by atoms with E-state index in [-0.39, 0.29) is 5.41 Å². The van der Waals surface area contributed by atoms with Gasteiger partial charge in [-0.15, -0.1) is 0 Å². The molecule has 0 bridgehead atoms. The first kappa shape index (κ1) is 9.90. The van der Waals surface area contributed by atoms with Crippen molar-refractivity contribution >= 4 is 17.7 Å². The van der Waals surface area contributed by atoms with Crippen LogP contribution in [0.4, 0.5) is 0 Å². The van der Waals surface area contributed by atoms with Gasteiger partial charge in [0.15, 0.2) is 0 Å². The van der Waals surface area contributed by atoms with Crippen LogP contribution in [0.15, 0.2) is 0 Å². The fourth-order valence-corrected chi connectivity index (χ4v) is 3.21. The molecule has 0 aromatic rings. The van der Waals surface area contributed by atoms with Crippen molar-refractivity contribution in [3.8, 4) is 0 Å². The smallest absolute Gasteiger partial charge is 0.303 e. The molecule has 1 unspecified atom stereocenters. The number of carboxylic acid groups (broad SMARTS) is 1. The first-order valence-corrected chi connectivity index (χ1v) is 5.47. The summed E-state index contributed by atoms with van der Waals surface area (Å²) in [4.78, 5) is 10.6. The molecule has 1 N–H and O–H groups in total. The van der Waals surface area contributed by atoms with E-state index in [9.17, 15) is 4.79 Å². The largest absolute Gasteiger partial charge is 0.481 e. The minimum Gasteiger partial charge on any atom is -0.481 e. The van der Waals surface area contributed by atoms with E-state index in [1.165, 1.54) is 12.2 Å². The lowest BCUT2D eigenvalue weighted by Crippen LogP contribution is -2.26. The highest BCUT2D eigenvalue weighted by molar-refractivity contribution is 7.99. The van der Waals surface area contributed by atoms with Gasteiger partial charge in [-0.05, 0) is 29.3 Å². The molecule has 0 radical (unpaired) electrons. The molecule has 1 aliphatic rings. The van der Waals surface area contributed by atoms with Crippen LogP contribution in [0, 0.1) is 11.3 Å². The number of carboxylic acids is 1. The van der Waals surface area contributed by atoms with Crippen LogP contribution < -0.4 is 0 Å². The summed E-state index contributed by atoms with van der Waals surface area (Å²) in [6.45, 7) is 4.13. The van der Waals surface area contributed by atoms with Crippen LogP contribution in [-0.2, 0) is 4.79 Å². The highest BCUT2D eigenvalue weighted by Gasteiger charge is 2.33. The minimum absolute atomic E-state index is 0.0185. The number of thioether (sulfide) groups is 1. The second kappa shape index (κ2) is 3.69. The predicted molar refractivity (Wildman–Crippen MR) is 51.5 cm³/mol. The molecule has 0 amide bonds. The molecule has 0 saturated carbocycles. The molecule has 70 valence electrons. The second-order valence-corrected chi connectivity index (χ2v) is 5.27. The molecule has 12 heavy (non-hydrogen) atoms. The van der Waals surface area contributed by atoms with Gasteiger partial charge in [0.1, 0.15) is 0 Å². The van der Waals surface area contributed by atoms with E-state index in [0.717, 1.165) is 5.75 Å². The SMILES string of the molecule is CC(C)(CC(=O)O)C1CCSC1. The molecule has 1 saturated heterocycles. The van der Waals surface area contributed by atoms with Crippen molar-refractivity contribution in [2.45, 2.75) is 26.7 Å². The maximum Gasteiger partial charge on any atom is 0.303 e. The summed E-state index contributed by atoms with van der Waals surface area (Å²) >= 11 is 1.94. The summed E-state index contributed by atoms with van der Waals surface area (Å²) in [6.07, 6.45) is 1.49. The number of hydrogen-bond acceptors (Lipinski definition) is 2. The van der Waals surface area contributed by atoms with Gasteiger partial charge in [0.05, 0.1) is 6.42 Å². The lowest BCUT2D eigenvalue weighted by Gasteiger charge is -2.29. The summed E-state index contributed by atoms with van der Waals surface area (Å²) in [6, 6.07) is 0. The Hall–Kier alpha value is -0.180. The Balaban J connectivity index is 2.50. The molecule has 1 fully saturated rings. The third-order valence-corrected chi connectivity index (χ3v) is 3.80. The van der Waals surface area contributed by atoms with Gasteiger partial charge in [0.25, 0.3) is 0 Å². The molecule has 1 aliphatic heterocycles. The van der Waals surface area contributed by atoms with E-state index < -0.39 is 5.97 Å². The van der Waals surface area contributed by atoms with Gasteiger partial charge >= 0.3 is 5.97 Å². The zero-order valence-electron chi connectivity index (χ0n) is 7.67. The lowest BCUT2D eigenvalue weighted by molar-refractivity contribution is -0.139. The molecule has 0 aromatic heterocycles. The average molecular weight is 188 g/mol. The summed E-state index contributed by atoms with van der Waals surface area (Å²) in [5, 5.41) is 8.70. The summed E-state index contributed by atoms with van der Waals surface area (Å²) in [5.41, 5.74) is -0.0185. The van der Waals surface area contributed by atoms with E-state index in [0.29, 0.717) is 12.3 Å². The molecule has 1 atom stereocenters. The van der Waals surface area contributed by atoms with Gasteiger partial charge in [0.2, 0.25) is 0 Å². The minimum atomic E-state index is -0.670.